The van der Waals surface area contributed by atoms with Crippen molar-refractivity contribution in [2.75, 3.05) is 14.1 Å². The lowest BCUT2D eigenvalue weighted by atomic mass is 10.1. The molecule has 0 aromatic heterocycles. The lowest BCUT2D eigenvalue weighted by Gasteiger charge is -2.29. The molecule has 4 amide bonds. The largest absolute Gasteiger partial charge is 0.457 e. The van der Waals surface area contributed by atoms with Gasteiger partial charge >= 0.3 is 12.2 Å². The van der Waals surface area contributed by atoms with Crippen molar-refractivity contribution in [1.82, 2.24) is 9.80 Å². The van der Waals surface area contributed by atoms with E-state index < -0.39 is 29.6 Å². The summed E-state index contributed by atoms with van der Waals surface area (Å²) in [6.07, 6.45) is -3.28. The number of hydrogen-bond acceptors (Lipinski definition) is 4. The van der Waals surface area contributed by atoms with Gasteiger partial charge in [-0.1, -0.05) is 24.3 Å². The fraction of sp³-hybridized carbons (Fsp3) is 0.150. The highest BCUT2D eigenvalue weighted by Crippen LogP contribution is 2.34. The summed E-state index contributed by atoms with van der Waals surface area (Å²) in [5, 5.41) is 0. The molecule has 1 aliphatic rings. The number of amides is 4. The maximum absolute atomic E-state index is 12.9. The van der Waals surface area contributed by atoms with Crippen LogP contribution in [0.15, 0.2) is 54.1 Å². The molecule has 0 bridgehead atoms. The molecule has 29 heavy (non-hydrogen) atoms. The average Bonchev–Trinajstić information content (AvgIpc) is 2.69. The van der Waals surface area contributed by atoms with E-state index in [0.29, 0.717) is 0 Å². The predicted octanol–water partition coefficient (Wildman–Crippen LogP) is 3.93. The summed E-state index contributed by atoms with van der Waals surface area (Å²) < 4.78 is 44.3. The van der Waals surface area contributed by atoms with E-state index in [1.54, 1.807) is 12.1 Å². The Morgan fingerprint density at radius 1 is 0.897 bits per heavy atom. The first kappa shape index (κ1) is 20.1. The minimum Gasteiger partial charge on any atom is -0.457 e. The quantitative estimate of drug-likeness (QED) is 0.574. The minimum absolute atomic E-state index is 0.0589. The summed E-state index contributed by atoms with van der Waals surface area (Å²) in [7, 11) is 2.49. The molecule has 6 nitrogen and oxygen atoms in total. The highest BCUT2D eigenvalue weighted by Gasteiger charge is 2.38. The molecule has 2 aromatic rings. The van der Waals surface area contributed by atoms with Crippen LogP contribution >= 0.6 is 0 Å². The number of nitrogens with zero attached hydrogens (tertiary/aromatic N) is 2. The van der Waals surface area contributed by atoms with E-state index >= 15 is 0 Å². The molecule has 9 heteroatoms. The van der Waals surface area contributed by atoms with Crippen LogP contribution in [0.3, 0.4) is 0 Å². The molecule has 0 saturated carbocycles. The molecule has 2 aromatic carbocycles. The third-order valence-electron chi connectivity index (χ3n) is 4.25. The van der Waals surface area contributed by atoms with Gasteiger partial charge in [0.2, 0.25) is 0 Å². The number of benzene rings is 2. The predicted molar refractivity (Wildman–Crippen MR) is 96.9 cm³/mol. The molecule has 150 valence electrons. The molecule has 0 unspecified atom stereocenters. The molecule has 0 aliphatic carbocycles. The van der Waals surface area contributed by atoms with Crippen molar-refractivity contribution >= 4 is 23.9 Å². The van der Waals surface area contributed by atoms with Crippen molar-refractivity contribution in [2.45, 2.75) is 6.18 Å². The number of halogens is 3. The molecule has 1 aliphatic heterocycles. The second kappa shape index (κ2) is 7.42. The minimum atomic E-state index is -4.52. The number of rotatable bonds is 3. The molecular formula is C20H15F3N2O4. The number of carbonyl (C=O) groups is 3. The van der Waals surface area contributed by atoms with Gasteiger partial charge < -0.3 is 4.74 Å². The standard InChI is InChI=1S/C20H15F3N2O4/c1-24-17(26)15(18(27)25(2)19(24)28)10-12-6-3-4-9-16(12)29-14-8-5-7-13(11-14)20(21,22)23/h3-11H,1-2H3. The maximum atomic E-state index is 12.9. The second-order valence-electron chi connectivity index (χ2n) is 6.23. The summed E-state index contributed by atoms with van der Waals surface area (Å²) in [5.41, 5.74) is -0.849. The van der Waals surface area contributed by atoms with Crippen LogP contribution in [0.4, 0.5) is 18.0 Å². The number of urea groups is 1. The lowest BCUT2D eigenvalue weighted by molar-refractivity contribution is -0.138. The van der Waals surface area contributed by atoms with Gasteiger partial charge in [-0.25, -0.2) is 4.79 Å². The van der Waals surface area contributed by atoms with Crippen molar-refractivity contribution in [3.05, 3.63) is 65.2 Å². The van der Waals surface area contributed by atoms with Crippen LogP contribution in [0.5, 0.6) is 11.5 Å². The Labute approximate surface area is 163 Å². The zero-order chi connectivity index (χ0) is 21.3. The smallest absolute Gasteiger partial charge is 0.416 e. The van der Waals surface area contributed by atoms with E-state index in [-0.39, 0.29) is 22.6 Å². The van der Waals surface area contributed by atoms with Crippen LogP contribution in [0, 0.1) is 0 Å². The number of alkyl halides is 3. The molecule has 0 atom stereocenters. The molecule has 1 saturated heterocycles. The van der Waals surface area contributed by atoms with Crippen LogP contribution in [0.25, 0.3) is 6.08 Å². The van der Waals surface area contributed by atoms with E-state index in [9.17, 15) is 27.6 Å². The topological polar surface area (TPSA) is 66.9 Å². The summed E-state index contributed by atoms with van der Waals surface area (Å²) in [6, 6.07) is 9.81. The number of hydrogen-bond donors (Lipinski definition) is 0. The Kier molecular flexibility index (Phi) is 5.15. The average molecular weight is 404 g/mol. The molecule has 1 fully saturated rings. The Hall–Kier alpha value is -3.62. The van der Waals surface area contributed by atoms with Crippen molar-refractivity contribution in [2.24, 2.45) is 0 Å². The van der Waals surface area contributed by atoms with Crippen LogP contribution in [0.2, 0.25) is 0 Å². The highest BCUT2D eigenvalue weighted by molar-refractivity contribution is 6.30. The fourth-order valence-corrected chi connectivity index (χ4v) is 2.69. The molecule has 0 radical (unpaired) electrons. The summed E-state index contributed by atoms with van der Waals surface area (Å²) >= 11 is 0. The van der Waals surface area contributed by atoms with Gasteiger partial charge in [0.15, 0.2) is 0 Å². The summed E-state index contributed by atoms with van der Waals surface area (Å²) in [6.45, 7) is 0. The summed E-state index contributed by atoms with van der Waals surface area (Å²) in [4.78, 5) is 38.1. The number of para-hydroxylation sites is 1. The van der Waals surface area contributed by atoms with Crippen molar-refractivity contribution in [3.63, 3.8) is 0 Å². The first-order valence-corrected chi connectivity index (χ1v) is 8.35. The van der Waals surface area contributed by atoms with Crippen LogP contribution in [-0.2, 0) is 15.8 Å². The zero-order valence-corrected chi connectivity index (χ0v) is 15.4. The fourth-order valence-electron chi connectivity index (χ4n) is 2.69. The Bertz CT molecular complexity index is 1000. The van der Waals surface area contributed by atoms with Gasteiger partial charge in [0.05, 0.1) is 5.56 Å². The van der Waals surface area contributed by atoms with Crippen LogP contribution < -0.4 is 4.74 Å². The third kappa shape index (κ3) is 3.98. The Balaban J connectivity index is 1.98. The van der Waals surface area contributed by atoms with Gasteiger partial charge in [0.1, 0.15) is 17.1 Å². The van der Waals surface area contributed by atoms with E-state index in [1.165, 1.54) is 44.4 Å². The third-order valence-corrected chi connectivity index (χ3v) is 4.25. The highest BCUT2D eigenvalue weighted by atomic mass is 19.4. The van der Waals surface area contributed by atoms with Crippen molar-refractivity contribution in [1.29, 1.82) is 0 Å². The van der Waals surface area contributed by atoms with Gasteiger partial charge in [-0.15, -0.1) is 0 Å². The number of barbiturate groups is 1. The molecule has 0 N–H and O–H groups in total. The first-order valence-electron chi connectivity index (χ1n) is 8.35. The van der Waals surface area contributed by atoms with Crippen molar-refractivity contribution < 1.29 is 32.3 Å². The van der Waals surface area contributed by atoms with Crippen molar-refractivity contribution in [3.8, 4) is 11.5 Å². The first-order chi connectivity index (χ1) is 13.6. The van der Waals surface area contributed by atoms with E-state index in [2.05, 4.69) is 0 Å². The van der Waals surface area contributed by atoms with Gasteiger partial charge in [0.25, 0.3) is 11.8 Å². The van der Waals surface area contributed by atoms with Gasteiger partial charge in [-0.3, -0.25) is 19.4 Å². The SMILES string of the molecule is CN1C(=O)C(=Cc2ccccc2Oc2cccc(C(F)(F)F)c2)C(=O)N(C)C1=O. The van der Waals surface area contributed by atoms with Gasteiger partial charge in [0, 0.05) is 19.7 Å². The van der Waals surface area contributed by atoms with E-state index in [1.807, 2.05) is 0 Å². The molecule has 3 rings (SSSR count). The van der Waals surface area contributed by atoms with Gasteiger partial charge in [-0.05, 0) is 30.3 Å². The lowest BCUT2D eigenvalue weighted by Crippen LogP contribution is -2.52. The normalized spacial score (nSPS) is 15.1. The van der Waals surface area contributed by atoms with Gasteiger partial charge in [-0.2, -0.15) is 13.2 Å². The number of likely N-dealkylation sites (N-methyl/N-ethyl adjacent to an activating group) is 2. The zero-order valence-electron chi connectivity index (χ0n) is 15.4. The molecular weight excluding hydrogens is 389 g/mol. The van der Waals surface area contributed by atoms with Crippen LogP contribution in [0.1, 0.15) is 11.1 Å². The number of carbonyl (C=O) groups excluding carboxylic acids is 3. The number of ether oxygens (including phenoxy) is 1. The maximum Gasteiger partial charge on any atom is 0.416 e. The second-order valence-corrected chi connectivity index (χ2v) is 6.23. The van der Waals surface area contributed by atoms with E-state index in [0.717, 1.165) is 21.9 Å². The van der Waals surface area contributed by atoms with E-state index in [4.69, 9.17) is 4.74 Å². The Morgan fingerprint density at radius 3 is 2.14 bits per heavy atom. The molecule has 1 heterocycles. The monoisotopic (exact) mass is 404 g/mol. The summed E-state index contributed by atoms with van der Waals surface area (Å²) in [5.74, 6) is -1.49. The Morgan fingerprint density at radius 2 is 1.52 bits per heavy atom. The van der Waals surface area contributed by atoms with Crippen LogP contribution in [-0.4, -0.2) is 41.7 Å². The number of imide groups is 2. The molecule has 0 spiro atoms.